The van der Waals surface area contributed by atoms with E-state index in [4.69, 9.17) is 0 Å². The maximum absolute atomic E-state index is 12.2. The molecule has 4 heteroatoms. The molecule has 1 heterocycles. The van der Waals surface area contributed by atoms with Crippen LogP contribution < -0.4 is 10.6 Å². The largest absolute Gasteiger partial charge is 0.324 e. The fourth-order valence-electron chi connectivity index (χ4n) is 2.41. The lowest BCUT2D eigenvalue weighted by atomic mass is 10.1. The molecule has 0 atom stereocenters. The second-order valence-electron chi connectivity index (χ2n) is 5.19. The van der Waals surface area contributed by atoms with Gasteiger partial charge in [0.15, 0.2) is 0 Å². The minimum Gasteiger partial charge on any atom is -0.324 e. The Morgan fingerprint density at radius 3 is 2.47 bits per heavy atom. The van der Waals surface area contributed by atoms with Gasteiger partial charge in [0.1, 0.15) is 0 Å². The van der Waals surface area contributed by atoms with Crippen molar-refractivity contribution >= 4 is 11.6 Å². The van der Waals surface area contributed by atoms with Crippen LogP contribution in [0.3, 0.4) is 0 Å². The Morgan fingerprint density at radius 2 is 2.00 bits per heavy atom. The van der Waals surface area contributed by atoms with Gasteiger partial charge >= 0.3 is 0 Å². The van der Waals surface area contributed by atoms with Gasteiger partial charge in [-0.3, -0.25) is 9.69 Å². The Labute approximate surface area is 115 Å². The third-order valence-electron chi connectivity index (χ3n) is 3.77. The first-order valence-corrected chi connectivity index (χ1v) is 6.92. The van der Waals surface area contributed by atoms with Crippen molar-refractivity contribution in [2.45, 2.75) is 26.8 Å². The Bertz CT molecular complexity index is 434. The minimum absolute atomic E-state index is 0.0751. The van der Waals surface area contributed by atoms with Crippen molar-refractivity contribution in [1.82, 2.24) is 10.2 Å². The van der Waals surface area contributed by atoms with E-state index in [1.807, 2.05) is 32.0 Å². The van der Waals surface area contributed by atoms with Gasteiger partial charge in [0.2, 0.25) is 5.91 Å². The van der Waals surface area contributed by atoms with Crippen LogP contribution in [0, 0.1) is 13.8 Å². The fourth-order valence-corrected chi connectivity index (χ4v) is 2.41. The van der Waals surface area contributed by atoms with Crippen molar-refractivity contribution in [3.05, 3.63) is 29.3 Å². The Morgan fingerprint density at radius 1 is 1.37 bits per heavy atom. The standard InChI is InChI=1S/C15H23N3O/c1-4-18(13-8-16-9-13)10-14(19)17-15-11(2)6-5-7-12(15)3/h5-7,13,16H,4,8-10H2,1-3H3,(H,17,19). The average molecular weight is 261 g/mol. The number of hydrogen-bond donors (Lipinski definition) is 2. The number of carbonyl (C=O) groups is 1. The summed E-state index contributed by atoms with van der Waals surface area (Å²) >= 11 is 0. The van der Waals surface area contributed by atoms with Crippen LogP contribution in [0.5, 0.6) is 0 Å². The molecule has 2 rings (SSSR count). The maximum atomic E-state index is 12.2. The van der Waals surface area contributed by atoms with E-state index in [1.54, 1.807) is 0 Å². The van der Waals surface area contributed by atoms with E-state index in [-0.39, 0.29) is 5.91 Å². The van der Waals surface area contributed by atoms with Gasteiger partial charge in [0, 0.05) is 24.8 Å². The molecule has 0 aliphatic carbocycles. The zero-order valence-corrected chi connectivity index (χ0v) is 12.0. The summed E-state index contributed by atoms with van der Waals surface area (Å²) in [5, 5.41) is 6.29. The number of benzene rings is 1. The summed E-state index contributed by atoms with van der Waals surface area (Å²) in [6.07, 6.45) is 0. The molecule has 0 aromatic heterocycles. The van der Waals surface area contributed by atoms with Crippen molar-refractivity contribution in [1.29, 1.82) is 0 Å². The smallest absolute Gasteiger partial charge is 0.238 e. The highest BCUT2D eigenvalue weighted by atomic mass is 16.2. The number of rotatable bonds is 5. The number of likely N-dealkylation sites (N-methyl/N-ethyl adjacent to an activating group) is 1. The van der Waals surface area contributed by atoms with Crippen LogP contribution in [-0.2, 0) is 4.79 Å². The normalized spacial score (nSPS) is 15.4. The van der Waals surface area contributed by atoms with Crippen LogP contribution in [-0.4, -0.2) is 43.0 Å². The molecule has 104 valence electrons. The predicted molar refractivity (Wildman–Crippen MR) is 78.5 cm³/mol. The highest BCUT2D eigenvalue weighted by molar-refractivity contribution is 5.93. The van der Waals surface area contributed by atoms with Gasteiger partial charge in [-0.05, 0) is 31.5 Å². The summed E-state index contributed by atoms with van der Waals surface area (Å²) in [4.78, 5) is 14.4. The first-order valence-electron chi connectivity index (χ1n) is 6.92. The third kappa shape index (κ3) is 3.33. The molecule has 1 aliphatic heterocycles. The number of nitrogens with zero attached hydrogens (tertiary/aromatic N) is 1. The lowest BCUT2D eigenvalue weighted by Crippen LogP contribution is -2.58. The van der Waals surface area contributed by atoms with Gasteiger partial charge in [-0.25, -0.2) is 0 Å². The van der Waals surface area contributed by atoms with Crippen LogP contribution in [0.1, 0.15) is 18.1 Å². The number of amides is 1. The van der Waals surface area contributed by atoms with Gasteiger partial charge in [-0.15, -0.1) is 0 Å². The average Bonchev–Trinajstić information content (AvgIpc) is 2.31. The number of aryl methyl sites for hydroxylation is 2. The molecule has 0 unspecified atom stereocenters. The Hall–Kier alpha value is -1.39. The van der Waals surface area contributed by atoms with Gasteiger partial charge in [0.05, 0.1) is 6.54 Å². The van der Waals surface area contributed by atoms with Crippen LogP contribution in [0.25, 0.3) is 0 Å². The summed E-state index contributed by atoms with van der Waals surface area (Å²) in [5.41, 5.74) is 3.18. The number of carbonyl (C=O) groups excluding carboxylic acids is 1. The second kappa shape index (κ2) is 6.17. The predicted octanol–water partition coefficient (Wildman–Crippen LogP) is 1.54. The van der Waals surface area contributed by atoms with Crippen LogP contribution in [0.15, 0.2) is 18.2 Å². The molecule has 0 bridgehead atoms. The van der Waals surface area contributed by atoms with Crippen LogP contribution >= 0.6 is 0 Å². The molecular weight excluding hydrogens is 238 g/mol. The van der Waals surface area contributed by atoms with E-state index >= 15 is 0 Å². The summed E-state index contributed by atoms with van der Waals surface area (Å²) < 4.78 is 0. The molecule has 19 heavy (non-hydrogen) atoms. The molecule has 0 radical (unpaired) electrons. The van der Waals surface area contributed by atoms with E-state index in [0.29, 0.717) is 12.6 Å². The van der Waals surface area contributed by atoms with Crippen molar-refractivity contribution in [2.24, 2.45) is 0 Å². The van der Waals surface area contributed by atoms with E-state index < -0.39 is 0 Å². The molecule has 1 fully saturated rings. The molecule has 4 nitrogen and oxygen atoms in total. The fraction of sp³-hybridized carbons (Fsp3) is 0.533. The molecule has 1 aliphatic rings. The molecule has 0 spiro atoms. The quantitative estimate of drug-likeness (QED) is 0.845. The molecular formula is C15H23N3O. The first-order chi connectivity index (χ1) is 9.11. The number of para-hydroxylation sites is 1. The van der Waals surface area contributed by atoms with E-state index in [1.165, 1.54) is 0 Å². The van der Waals surface area contributed by atoms with Crippen molar-refractivity contribution in [2.75, 3.05) is 31.5 Å². The Balaban J connectivity index is 1.96. The number of nitrogens with one attached hydrogen (secondary N) is 2. The monoisotopic (exact) mass is 261 g/mol. The van der Waals surface area contributed by atoms with Crippen molar-refractivity contribution in [3.63, 3.8) is 0 Å². The van der Waals surface area contributed by atoms with Gasteiger partial charge in [-0.1, -0.05) is 25.1 Å². The highest BCUT2D eigenvalue weighted by Crippen LogP contribution is 2.19. The van der Waals surface area contributed by atoms with Crippen molar-refractivity contribution in [3.8, 4) is 0 Å². The molecule has 0 saturated carbocycles. The summed E-state index contributed by atoms with van der Waals surface area (Å²) in [6, 6.07) is 6.57. The Kier molecular flexibility index (Phi) is 4.56. The minimum atomic E-state index is 0.0751. The molecule has 1 aromatic carbocycles. The zero-order chi connectivity index (χ0) is 13.8. The zero-order valence-electron chi connectivity index (χ0n) is 12.0. The van der Waals surface area contributed by atoms with Crippen molar-refractivity contribution < 1.29 is 4.79 Å². The molecule has 2 N–H and O–H groups in total. The molecule has 1 saturated heterocycles. The maximum Gasteiger partial charge on any atom is 0.238 e. The number of hydrogen-bond acceptors (Lipinski definition) is 3. The lowest BCUT2D eigenvalue weighted by Gasteiger charge is -2.37. The topological polar surface area (TPSA) is 44.4 Å². The van der Waals surface area contributed by atoms with Crippen LogP contribution in [0.2, 0.25) is 0 Å². The molecule has 1 aromatic rings. The van der Waals surface area contributed by atoms with E-state index in [0.717, 1.165) is 36.4 Å². The lowest BCUT2D eigenvalue weighted by molar-refractivity contribution is -0.118. The summed E-state index contributed by atoms with van der Waals surface area (Å²) in [7, 11) is 0. The SMILES string of the molecule is CCN(CC(=O)Nc1c(C)cccc1C)C1CNC1. The van der Waals surface area contributed by atoms with E-state index in [9.17, 15) is 4.79 Å². The molecule has 1 amide bonds. The van der Waals surface area contributed by atoms with Gasteiger partial charge in [-0.2, -0.15) is 0 Å². The van der Waals surface area contributed by atoms with E-state index in [2.05, 4.69) is 22.5 Å². The third-order valence-corrected chi connectivity index (χ3v) is 3.77. The first kappa shape index (κ1) is 14.0. The van der Waals surface area contributed by atoms with Gasteiger partial charge in [0.25, 0.3) is 0 Å². The number of anilines is 1. The highest BCUT2D eigenvalue weighted by Gasteiger charge is 2.24. The second-order valence-corrected chi connectivity index (χ2v) is 5.19. The van der Waals surface area contributed by atoms with Gasteiger partial charge < -0.3 is 10.6 Å². The summed E-state index contributed by atoms with van der Waals surface area (Å²) in [5.74, 6) is 0.0751. The van der Waals surface area contributed by atoms with Crippen LogP contribution in [0.4, 0.5) is 5.69 Å². The summed E-state index contributed by atoms with van der Waals surface area (Å²) in [6.45, 7) is 9.51.